The Labute approximate surface area is 114 Å². The van der Waals surface area contributed by atoms with E-state index in [2.05, 4.69) is 23.0 Å². The van der Waals surface area contributed by atoms with Crippen molar-refractivity contribution in [1.82, 2.24) is 9.80 Å². The van der Waals surface area contributed by atoms with Gasteiger partial charge in [-0.3, -0.25) is 18.6 Å². The third kappa shape index (κ3) is 3.63. The SMILES string of the molecule is C=C1CN(CCN2CC(=C)C(CCF)C2)CC1CF. The average molecular weight is 270 g/mol. The maximum Gasteiger partial charge on any atom is 0.0972 e. The maximum absolute atomic E-state index is 12.7. The first-order valence-electron chi connectivity index (χ1n) is 7.06. The van der Waals surface area contributed by atoms with E-state index in [-0.39, 0.29) is 19.3 Å². The molecule has 2 heterocycles. The van der Waals surface area contributed by atoms with Crippen molar-refractivity contribution >= 4 is 0 Å². The second kappa shape index (κ2) is 6.62. The van der Waals surface area contributed by atoms with Crippen molar-refractivity contribution in [3.8, 4) is 0 Å². The largest absolute Gasteiger partial charge is 0.298 e. The minimum Gasteiger partial charge on any atom is -0.298 e. The van der Waals surface area contributed by atoms with Gasteiger partial charge in [0.1, 0.15) is 0 Å². The fourth-order valence-electron chi connectivity index (χ4n) is 3.05. The van der Waals surface area contributed by atoms with Crippen LogP contribution in [0.2, 0.25) is 0 Å². The van der Waals surface area contributed by atoms with Crippen LogP contribution in [0.4, 0.5) is 8.78 Å². The summed E-state index contributed by atoms with van der Waals surface area (Å²) in [5.74, 6) is 0.338. The molecule has 0 saturated carbocycles. The lowest BCUT2D eigenvalue weighted by molar-refractivity contribution is 0.240. The highest BCUT2D eigenvalue weighted by atomic mass is 19.1. The van der Waals surface area contributed by atoms with Crippen LogP contribution in [0.25, 0.3) is 0 Å². The summed E-state index contributed by atoms with van der Waals surface area (Å²) in [5, 5.41) is 0. The van der Waals surface area contributed by atoms with Gasteiger partial charge in [0.25, 0.3) is 0 Å². The Kier molecular flexibility index (Phi) is 5.11. The zero-order chi connectivity index (χ0) is 13.8. The Morgan fingerprint density at radius 1 is 0.947 bits per heavy atom. The van der Waals surface area contributed by atoms with Crippen molar-refractivity contribution in [3.05, 3.63) is 24.3 Å². The van der Waals surface area contributed by atoms with E-state index in [0.29, 0.717) is 12.3 Å². The fourth-order valence-corrected chi connectivity index (χ4v) is 3.05. The van der Waals surface area contributed by atoms with Gasteiger partial charge in [-0.25, -0.2) is 0 Å². The van der Waals surface area contributed by atoms with Crippen LogP contribution in [0.3, 0.4) is 0 Å². The molecule has 0 aliphatic carbocycles. The van der Waals surface area contributed by atoms with Crippen molar-refractivity contribution < 1.29 is 8.78 Å². The third-order valence-corrected chi connectivity index (χ3v) is 4.34. The molecule has 2 atom stereocenters. The summed E-state index contributed by atoms with van der Waals surface area (Å²) in [7, 11) is 0. The molecule has 2 rings (SSSR count). The number of hydrogen-bond acceptors (Lipinski definition) is 2. The van der Waals surface area contributed by atoms with Crippen molar-refractivity contribution in [2.45, 2.75) is 6.42 Å². The normalized spacial score (nSPS) is 29.6. The molecule has 4 heteroatoms. The zero-order valence-electron chi connectivity index (χ0n) is 11.6. The Morgan fingerprint density at radius 3 is 1.95 bits per heavy atom. The number of nitrogens with zero attached hydrogens (tertiary/aromatic N) is 2. The minimum absolute atomic E-state index is 0.0211. The molecule has 0 spiro atoms. The van der Waals surface area contributed by atoms with Crippen LogP contribution < -0.4 is 0 Å². The molecule has 0 amide bonds. The monoisotopic (exact) mass is 270 g/mol. The van der Waals surface area contributed by atoms with Gasteiger partial charge in [0, 0.05) is 45.2 Å². The predicted octanol–water partition coefficient (Wildman–Crippen LogP) is 2.29. The zero-order valence-corrected chi connectivity index (χ0v) is 11.6. The summed E-state index contributed by atoms with van der Waals surface area (Å²) in [6.45, 7) is 12.7. The van der Waals surface area contributed by atoms with Crippen molar-refractivity contribution in [2.75, 3.05) is 52.6 Å². The van der Waals surface area contributed by atoms with Crippen LogP contribution >= 0.6 is 0 Å². The lowest BCUT2D eigenvalue weighted by Crippen LogP contribution is -2.33. The van der Waals surface area contributed by atoms with Crippen molar-refractivity contribution in [1.29, 1.82) is 0 Å². The average Bonchev–Trinajstić information content (AvgIpc) is 2.91. The molecule has 0 aromatic heterocycles. The summed E-state index contributed by atoms with van der Waals surface area (Å²) in [6.07, 6.45) is 0.597. The van der Waals surface area contributed by atoms with Crippen molar-refractivity contribution in [2.24, 2.45) is 11.8 Å². The summed E-state index contributed by atoms with van der Waals surface area (Å²) in [4.78, 5) is 4.59. The summed E-state index contributed by atoms with van der Waals surface area (Å²) < 4.78 is 25.1. The van der Waals surface area contributed by atoms with Gasteiger partial charge in [-0.05, 0) is 12.3 Å². The van der Waals surface area contributed by atoms with Crippen LogP contribution in [0.15, 0.2) is 24.3 Å². The molecule has 108 valence electrons. The van der Waals surface area contributed by atoms with E-state index >= 15 is 0 Å². The number of alkyl halides is 2. The first-order chi connectivity index (χ1) is 9.13. The lowest BCUT2D eigenvalue weighted by Gasteiger charge is -2.20. The molecule has 0 N–H and O–H groups in total. The smallest absolute Gasteiger partial charge is 0.0972 e. The van der Waals surface area contributed by atoms with E-state index in [0.717, 1.165) is 50.4 Å². The van der Waals surface area contributed by atoms with Gasteiger partial charge in [-0.2, -0.15) is 0 Å². The van der Waals surface area contributed by atoms with Crippen LogP contribution in [-0.2, 0) is 0 Å². The topological polar surface area (TPSA) is 6.48 Å². The molecule has 0 aromatic carbocycles. The molecular formula is C15H24F2N2. The highest BCUT2D eigenvalue weighted by molar-refractivity contribution is 5.11. The second-order valence-electron chi connectivity index (χ2n) is 5.81. The van der Waals surface area contributed by atoms with E-state index in [4.69, 9.17) is 0 Å². The Hall–Kier alpha value is -0.740. The first kappa shape index (κ1) is 14.7. The standard InChI is InChI=1S/C15H24F2N2/c1-12-8-18(10-14(12)3-4-16)5-6-19-9-13(2)15(7-17)11-19/h14-15H,1-11H2. The van der Waals surface area contributed by atoms with Gasteiger partial charge in [0.2, 0.25) is 0 Å². The third-order valence-electron chi connectivity index (χ3n) is 4.34. The molecule has 2 aliphatic heterocycles. The second-order valence-corrected chi connectivity index (χ2v) is 5.81. The molecule has 0 aromatic rings. The first-order valence-corrected chi connectivity index (χ1v) is 7.06. The van der Waals surface area contributed by atoms with Gasteiger partial charge in [-0.15, -0.1) is 0 Å². The molecule has 2 nitrogen and oxygen atoms in total. The molecule has 2 fully saturated rings. The molecule has 2 saturated heterocycles. The Morgan fingerprint density at radius 2 is 1.47 bits per heavy atom. The molecule has 0 bridgehead atoms. The Balaban J connectivity index is 1.72. The predicted molar refractivity (Wildman–Crippen MR) is 74.7 cm³/mol. The number of halogens is 2. The molecule has 19 heavy (non-hydrogen) atoms. The number of likely N-dealkylation sites (tertiary alicyclic amines) is 2. The summed E-state index contributed by atoms with van der Waals surface area (Å²) in [6, 6.07) is 0. The van der Waals surface area contributed by atoms with E-state index in [1.165, 1.54) is 0 Å². The van der Waals surface area contributed by atoms with Gasteiger partial charge < -0.3 is 0 Å². The van der Waals surface area contributed by atoms with Crippen LogP contribution in [-0.4, -0.2) is 62.4 Å². The number of hydrogen-bond donors (Lipinski definition) is 0. The molecule has 0 radical (unpaired) electrons. The van der Waals surface area contributed by atoms with E-state index in [1.54, 1.807) is 0 Å². The van der Waals surface area contributed by atoms with E-state index in [1.807, 2.05) is 0 Å². The fraction of sp³-hybridized carbons (Fsp3) is 0.733. The lowest BCUT2D eigenvalue weighted by atomic mass is 10.0. The van der Waals surface area contributed by atoms with E-state index in [9.17, 15) is 8.78 Å². The minimum atomic E-state index is -0.297. The van der Waals surface area contributed by atoms with Crippen LogP contribution in [0.5, 0.6) is 0 Å². The molecule has 2 aliphatic rings. The number of rotatable bonds is 6. The molecule has 2 unspecified atom stereocenters. The summed E-state index contributed by atoms with van der Waals surface area (Å²) in [5.41, 5.74) is 2.17. The highest BCUT2D eigenvalue weighted by Gasteiger charge is 2.28. The summed E-state index contributed by atoms with van der Waals surface area (Å²) >= 11 is 0. The van der Waals surface area contributed by atoms with Gasteiger partial charge in [-0.1, -0.05) is 24.3 Å². The van der Waals surface area contributed by atoms with Gasteiger partial charge >= 0.3 is 0 Å². The maximum atomic E-state index is 12.7. The quantitative estimate of drug-likeness (QED) is 0.683. The Bertz CT molecular complexity index is 343. The van der Waals surface area contributed by atoms with Gasteiger partial charge in [0.05, 0.1) is 13.3 Å². The molecular weight excluding hydrogens is 246 g/mol. The van der Waals surface area contributed by atoms with Crippen LogP contribution in [0, 0.1) is 11.8 Å². The highest BCUT2D eigenvalue weighted by Crippen LogP contribution is 2.25. The van der Waals surface area contributed by atoms with E-state index < -0.39 is 0 Å². The van der Waals surface area contributed by atoms with Crippen LogP contribution in [0.1, 0.15) is 6.42 Å². The van der Waals surface area contributed by atoms with Crippen molar-refractivity contribution in [3.63, 3.8) is 0 Å². The van der Waals surface area contributed by atoms with Gasteiger partial charge in [0.15, 0.2) is 0 Å².